The second-order valence-corrected chi connectivity index (χ2v) is 3.09. The maximum atomic E-state index is 11.4. The van der Waals surface area contributed by atoms with Gasteiger partial charge in [0.15, 0.2) is 0 Å². The molecule has 0 aliphatic heterocycles. The van der Waals surface area contributed by atoms with Crippen molar-refractivity contribution >= 4 is 11.0 Å². The highest BCUT2D eigenvalue weighted by molar-refractivity contribution is 5.73. The van der Waals surface area contributed by atoms with Crippen molar-refractivity contribution in [2.75, 3.05) is 0 Å². The second kappa shape index (κ2) is 2.80. The van der Waals surface area contributed by atoms with E-state index >= 15 is 0 Å². The number of pyridine rings is 1. The number of hydrogen-bond acceptors (Lipinski definition) is 3. The summed E-state index contributed by atoms with van der Waals surface area (Å²) in [4.78, 5) is 26.7. The van der Waals surface area contributed by atoms with E-state index in [1.807, 2.05) is 0 Å². The third kappa shape index (κ3) is 0.985. The fourth-order valence-electron chi connectivity index (χ4n) is 1.43. The van der Waals surface area contributed by atoms with E-state index in [9.17, 15) is 9.59 Å². The molecule has 2 aromatic rings. The Kier molecular flexibility index (Phi) is 1.73. The molecule has 0 saturated carbocycles. The third-order valence-electron chi connectivity index (χ3n) is 2.29. The van der Waals surface area contributed by atoms with Gasteiger partial charge >= 0.3 is 11.1 Å². The Balaban J connectivity index is 3.19. The molecule has 2 aromatic heterocycles. The smallest absolute Gasteiger partial charge is 0.305 e. The first kappa shape index (κ1) is 8.68. The number of rotatable bonds is 0. The molecule has 0 aromatic carbocycles. The summed E-state index contributed by atoms with van der Waals surface area (Å²) in [5.41, 5.74) is 0.297. The SMILES string of the molecule is Cn1c(=O)c(=O)n(C)c2cnccc21. The van der Waals surface area contributed by atoms with Gasteiger partial charge in [-0.1, -0.05) is 0 Å². The quantitative estimate of drug-likeness (QED) is 0.534. The summed E-state index contributed by atoms with van der Waals surface area (Å²) in [5.74, 6) is 0. The molecule has 0 N–H and O–H groups in total. The molecule has 5 nitrogen and oxygen atoms in total. The molecular weight excluding hydrogens is 182 g/mol. The number of aromatic nitrogens is 3. The van der Waals surface area contributed by atoms with Crippen molar-refractivity contribution in [3.63, 3.8) is 0 Å². The van der Waals surface area contributed by atoms with Crippen LogP contribution in [0, 0.1) is 0 Å². The number of nitrogens with zero attached hydrogens (tertiary/aromatic N) is 3. The molecule has 0 atom stereocenters. The Hall–Kier alpha value is -1.91. The average Bonchev–Trinajstić information content (AvgIpc) is 2.23. The van der Waals surface area contributed by atoms with Gasteiger partial charge in [0.25, 0.3) is 0 Å². The van der Waals surface area contributed by atoms with E-state index < -0.39 is 11.1 Å². The van der Waals surface area contributed by atoms with Crippen molar-refractivity contribution in [2.45, 2.75) is 0 Å². The van der Waals surface area contributed by atoms with Crippen LogP contribution in [0.3, 0.4) is 0 Å². The molecule has 0 spiro atoms. The highest BCUT2D eigenvalue weighted by Crippen LogP contribution is 2.05. The Morgan fingerprint density at radius 3 is 2.29 bits per heavy atom. The molecule has 2 heterocycles. The van der Waals surface area contributed by atoms with Crippen LogP contribution in [0.25, 0.3) is 11.0 Å². The summed E-state index contributed by atoms with van der Waals surface area (Å²) < 4.78 is 2.64. The van der Waals surface area contributed by atoms with E-state index in [0.717, 1.165) is 0 Å². The first-order valence-electron chi connectivity index (χ1n) is 4.12. The minimum atomic E-state index is -0.534. The largest absolute Gasteiger partial charge is 0.316 e. The van der Waals surface area contributed by atoms with Crippen molar-refractivity contribution in [1.82, 2.24) is 14.1 Å². The zero-order chi connectivity index (χ0) is 10.3. The van der Waals surface area contributed by atoms with Crippen LogP contribution in [0.15, 0.2) is 28.0 Å². The molecule has 0 unspecified atom stereocenters. The van der Waals surface area contributed by atoms with Crippen LogP contribution in [-0.4, -0.2) is 14.1 Å². The van der Waals surface area contributed by atoms with E-state index in [-0.39, 0.29) is 0 Å². The second-order valence-electron chi connectivity index (χ2n) is 3.09. The Bertz CT molecular complexity index is 555. The van der Waals surface area contributed by atoms with Gasteiger partial charge in [-0.3, -0.25) is 14.6 Å². The predicted molar refractivity (Wildman–Crippen MR) is 52.2 cm³/mol. The predicted octanol–water partition coefficient (Wildman–Crippen LogP) is -0.368. The van der Waals surface area contributed by atoms with Crippen LogP contribution in [0.1, 0.15) is 0 Å². The lowest BCUT2D eigenvalue weighted by molar-refractivity contribution is 0.796. The number of fused-ring (bicyclic) bond motifs is 1. The van der Waals surface area contributed by atoms with Crippen molar-refractivity contribution in [3.8, 4) is 0 Å². The summed E-state index contributed by atoms with van der Waals surface area (Å²) in [6, 6.07) is 1.70. The van der Waals surface area contributed by atoms with Gasteiger partial charge < -0.3 is 9.13 Å². The van der Waals surface area contributed by atoms with E-state index in [1.165, 1.54) is 9.13 Å². The summed E-state index contributed by atoms with van der Waals surface area (Å²) in [6.07, 6.45) is 3.16. The standard InChI is InChI=1S/C9H9N3O2/c1-11-6-3-4-10-5-7(6)12(2)9(14)8(11)13/h3-5H,1-2H3. The fraction of sp³-hybridized carbons (Fsp3) is 0.222. The molecule has 0 fully saturated rings. The Morgan fingerprint density at radius 1 is 1.07 bits per heavy atom. The van der Waals surface area contributed by atoms with E-state index in [1.54, 1.807) is 32.6 Å². The van der Waals surface area contributed by atoms with Gasteiger partial charge in [-0.15, -0.1) is 0 Å². The van der Waals surface area contributed by atoms with Gasteiger partial charge in [0.05, 0.1) is 17.2 Å². The van der Waals surface area contributed by atoms with Crippen LogP contribution >= 0.6 is 0 Å². The van der Waals surface area contributed by atoms with Gasteiger partial charge in [0, 0.05) is 20.3 Å². The van der Waals surface area contributed by atoms with E-state index in [4.69, 9.17) is 0 Å². The summed E-state index contributed by atoms with van der Waals surface area (Å²) in [6.45, 7) is 0. The average molecular weight is 191 g/mol. The lowest BCUT2D eigenvalue weighted by Gasteiger charge is -2.06. The summed E-state index contributed by atoms with van der Waals surface area (Å²) >= 11 is 0. The molecule has 72 valence electrons. The van der Waals surface area contributed by atoms with Crippen molar-refractivity contribution in [3.05, 3.63) is 39.2 Å². The molecule has 0 aliphatic rings. The minimum Gasteiger partial charge on any atom is -0.305 e. The molecule has 0 aliphatic carbocycles. The van der Waals surface area contributed by atoms with E-state index in [0.29, 0.717) is 11.0 Å². The first-order valence-corrected chi connectivity index (χ1v) is 4.12. The maximum absolute atomic E-state index is 11.4. The zero-order valence-electron chi connectivity index (χ0n) is 7.89. The maximum Gasteiger partial charge on any atom is 0.316 e. The van der Waals surface area contributed by atoms with Gasteiger partial charge in [-0.2, -0.15) is 0 Å². The van der Waals surface area contributed by atoms with Gasteiger partial charge in [0.2, 0.25) is 0 Å². The highest BCUT2D eigenvalue weighted by Gasteiger charge is 2.06. The molecular formula is C9H9N3O2. The molecule has 5 heteroatoms. The highest BCUT2D eigenvalue weighted by atomic mass is 16.2. The summed E-state index contributed by atoms with van der Waals surface area (Å²) in [5, 5.41) is 0. The number of aryl methyl sites for hydroxylation is 2. The van der Waals surface area contributed by atoms with Gasteiger partial charge in [0.1, 0.15) is 0 Å². The first-order chi connectivity index (χ1) is 6.63. The third-order valence-corrected chi connectivity index (χ3v) is 2.29. The van der Waals surface area contributed by atoms with Crippen LogP contribution < -0.4 is 11.1 Å². The van der Waals surface area contributed by atoms with E-state index in [2.05, 4.69) is 4.98 Å². The lowest BCUT2D eigenvalue weighted by Crippen LogP contribution is -2.39. The van der Waals surface area contributed by atoms with Crippen LogP contribution in [0.4, 0.5) is 0 Å². The van der Waals surface area contributed by atoms with Crippen molar-refractivity contribution in [2.24, 2.45) is 14.1 Å². The van der Waals surface area contributed by atoms with Gasteiger partial charge in [-0.25, -0.2) is 0 Å². The fourth-order valence-corrected chi connectivity index (χ4v) is 1.43. The van der Waals surface area contributed by atoms with Crippen molar-refractivity contribution in [1.29, 1.82) is 0 Å². The number of hydrogen-bond donors (Lipinski definition) is 0. The van der Waals surface area contributed by atoms with Crippen LogP contribution in [0.5, 0.6) is 0 Å². The topological polar surface area (TPSA) is 56.9 Å². The Labute approximate surface area is 79.2 Å². The monoisotopic (exact) mass is 191 g/mol. The normalized spacial score (nSPS) is 10.7. The molecule has 0 radical (unpaired) electrons. The molecule has 0 bridgehead atoms. The lowest BCUT2D eigenvalue weighted by atomic mass is 10.3. The van der Waals surface area contributed by atoms with Gasteiger partial charge in [-0.05, 0) is 6.07 Å². The molecule has 0 amide bonds. The minimum absolute atomic E-state index is 0.522. The van der Waals surface area contributed by atoms with Crippen LogP contribution in [0.2, 0.25) is 0 Å². The molecule has 2 rings (SSSR count). The summed E-state index contributed by atoms with van der Waals surface area (Å²) in [7, 11) is 3.14. The van der Waals surface area contributed by atoms with Crippen molar-refractivity contribution < 1.29 is 0 Å². The molecule has 14 heavy (non-hydrogen) atoms. The Morgan fingerprint density at radius 2 is 1.64 bits per heavy atom. The molecule has 0 saturated heterocycles. The van der Waals surface area contributed by atoms with Crippen LogP contribution in [-0.2, 0) is 14.1 Å². The zero-order valence-corrected chi connectivity index (χ0v) is 7.89.